The summed E-state index contributed by atoms with van der Waals surface area (Å²) in [6.45, 7) is 0.384. The Morgan fingerprint density at radius 2 is 1.88 bits per heavy atom. The first-order valence-corrected chi connectivity index (χ1v) is 6.89. The molecule has 1 heterocycles. The predicted octanol–water partition coefficient (Wildman–Crippen LogP) is 1.86. The molecule has 0 radical (unpaired) electrons. The topological polar surface area (TPSA) is 52.0 Å². The summed E-state index contributed by atoms with van der Waals surface area (Å²) >= 11 is 0. The van der Waals surface area contributed by atoms with E-state index >= 15 is 0 Å². The van der Waals surface area contributed by atoms with Crippen molar-refractivity contribution in [3.63, 3.8) is 0 Å². The van der Waals surface area contributed by atoms with Crippen molar-refractivity contribution in [3.8, 4) is 0 Å². The SMILES string of the molecule is O=S(=O)(Cl)c1ccnn1Cc1ccccc1. The van der Waals surface area contributed by atoms with Crippen LogP contribution in [0.25, 0.3) is 0 Å². The highest BCUT2D eigenvalue weighted by Crippen LogP contribution is 2.15. The molecule has 16 heavy (non-hydrogen) atoms. The lowest BCUT2D eigenvalue weighted by atomic mass is 10.2. The molecular formula is C10H9ClN2O2S. The van der Waals surface area contributed by atoms with Crippen molar-refractivity contribution in [1.82, 2.24) is 9.78 Å². The summed E-state index contributed by atoms with van der Waals surface area (Å²) in [5, 5.41) is 3.94. The Morgan fingerprint density at radius 3 is 2.50 bits per heavy atom. The molecule has 0 unspecified atom stereocenters. The predicted molar refractivity (Wildman–Crippen MR) is 60.8 cm³/mol. The second-order valence-electron chi connectivity index (χ2n) is 3.25. The fourth-order valence-corrected chi connectivity index (χ4v) is 2.38. The monoisotopic (exact) mass is 256 g/mol. The van der Waals surface area contributed by atoms with Crippen LogP contribution in [-0.2, 0) is 15.6 Å². The minimum Gasteiger partial charge on any atom is -0.249 e. The molecule has 4 nitrogen and oxygen atoms in total. The molecule has 0 aliphatic carbocycles. The smallest absolute Gasteiger partial charge is 0.249 e. The first kappa shape index (κ1) is 11.2. The number of halogens is 1. The zero-order valence-corrected chi connectivity index (χ0v) is 9.82. The van der Waals surface area contributed by atoms with Crippen molar-refractivity contribution in [1.29, 1.82) is 0 Å². The number of aromatic nitrogens is 2. The average molecular weight is 257 g/mol. The van der Waals surface area contributed by atoms with E-state index in [0.29, 0.717) is 6.54 Å². The summed E-state index contributed by atoms with van der Waals surface area (Å²) in [5.74, 6) is 0. The van der Waals surface area contributed by atoms with E-state index in [2.05, 4.69) is 5.10 Å². The van der Waals surface area contributed by atoms with Gasteiger partial charge in [0.1, 0.15) is 0 Å². The van der Waals surface area contributed by atoms with Crippen molar-refractivity contribution in [2.24, 2.45) is 0 Å². The van der Waals surface area contributed by atoms with E-state index in [-0.39, 0.29) is 5.03 Å². The van der Waals surface area contributed by atoms with Crippen LogP contribution < -0.4 is 0 Å². The van der Waals surface area contributed by atoms with Crippen LogP contribution in [0.1, 0.15) is 5.56 Å². The highest BCUT2D eigenvalue weighted by molar-refractivity contribution is 8.13. The molecule has 0 saturated carbocycles. The Labute approximate surface area is 97.9 Å². The van der Waals surface area contributed by atoms with Crippen molar-refractivity contribution >= 4 is 19.7 Å². The molecule has 0 N–H and O–H groups in total. The van der Waals surface area contributed by atoms with Crippen LogP contribution >= 0.6 is 10.7 Å². The van der Waals surface area contributed by atoms with Gasteiger partial charge >= 0.3 is 0 Å². The van der Waals surface area contributed by atoms with Crippen LogP contribution in [0.3, 0.4) is 0 Å². The average Bonchev–Trinajstić information content (AvgIpc) is 2.67. The standard InChI is InChI=1S/C10H9ClN2O2S/c11-16(14,15)10-6-7-12-13(10)8-9-4-2-1-3-5-9/h1-7H,8H2. The summed E-state index contributed by atoms with van der Waals surface area (Å²) in [6.07, 6.45) is 1.41. The van der Waals surface area contributed by atoms with Crippen LogP contribution in [0, 0.1) is 0 Å². The second-order valence-corrected chi connectivity index (χ2v) is 5.76. The quantitative estimate of drug-likeness (QED) is 0.788. The van der Waals surface area contributed by atoms with Crippen molar-refractivity contribution in [2.45, 2.75) is 11.6 Å². The molecule has 1 aromatic carbocycles. The minimum atomic E-state index is -3.74. The van der Waals surface area contributed by atoms with Crippen molar-refractivity contribution in [3.05, 3.63) is 48.2 Å². The molecule has 0 atom stereocenters. The molecule has 1 aromatic heterocycles. The maximum Gasteiger partial charge on any atom is 0.278 e. The molecule has 0 saturated heterocycles. The number of benzene rings is 1. The summed E-state index contributed by atoms with van der Waals surface area (Å²) in [6, 6.07) is 10.8. The van der Waals surface area contributed by atoms with Crippen LogP contribution in [0.2, 0.25) is 0 Å². The second kappa shape index (κ2) is 4.27. The van der Waals surface area contributed by atoms with Gasteiger partial charge in [0.2, 0.25) is 0 Å². The zero-order chi connectivity index (χ0) is 11.6. The largest absolute Gasteiger partial charge is 0.278 e. The van der Waals surface area contributed by atoms with E-state index in [0.717, 1.165) is 5.56 Å². The Hall–Kier alpha value is -1.33. The van der Waals surface area contributed by atoms with Gasteiger partial charge in [-0.05, 0) is 11.6 Å². The molecule has 6 heteroatoms. The van der Waals surface area contributed by atoms with Crippen molar-refractivity contribution in [2.75, 3.05) is 0 Å². The third-order valence-corrected chi connectivity index (χ3v) is 3.42. The Balaban J connectivity index is 2.34. The molecule has 0 aliphatic rings. The van der Waals surface area contributed by atoms with Gasteiger partial charge in [-0.3, -0.25) is 0 Å². The zero-order valence-electron chi connectivity index (χ0n) is 8.25. The van der Waals surface area contributed by atoms with Gasteiger partial charge in [-0.1, -0.05) is 30.3 Å². The maximum absolute atomic E-state index is 11.2. The van der Waals surface area contributed by atoms with E-state index in [4.69, 9.17) is 10.7 Å². The summed E-state index contributed by atoms with van der Waals surface area (Å²) in [4.78, 5) is 0. The fourth-order valence-electron chi connectivity index (χ4n) is 1.40. The van der Waals surface area contributed by atoms with Gasteiger partial charge in [0.25, 0.3) is 9.05 Å². The van der Waals surface area contributed by atoms with Gasteiger partial charge < -0.3 is 0 Å². The number of hydrogen-bond acceptors (Lipinski definition) is 3. The van der Waals surface area contributed by atoms with E-state index in [1.165, 1.54) is 16.9 Å². The third kappa shape index (κ3) is 2.43. The molecule has 0 fully saturated rings. The lowest BCUT2D eigenvalue weighted by Gasteiger charge is -2.04. The summed E-state index contributed by atoms with van der Waals surface area (Å²) in [7, 11) is 1.55. The van der Waals surface area contributed by atoms with Crippen molar-refractivity contribution < 1.29 is 8.42 Å². The Bertz CT molecular complexity index is 578. The van der Waals surface area contributed by atoms with Gasteiger partial charge in [-0.25, -0.2) is 13.1 Å². The molecular weight excluding hydrogens is 248 g/mol. The van der Waals surface area contributed by atoms with E-state index in [9.17, 15) is 8.42 Å². The van der Waals surface area contributed by atoms with E-state index in [1.54, 1.807) is 0 Å². The van der Waals surface area contributed by atoms with Gasteiger partial charge in [0.15, 0.2) is 5.03 Å². The van der Waals surface area contributed by atoms with Crippen LogP contribution in [0.15, 0.2) is 47.6 Å². The third-order valence-electron chi connectivity index (χ3n) is 2.10. The minimum absolute atomic E-state index is 0.0121. The number of rotatable bonds is 3. The summed E-state index contributed by atoms with van der Waals surface area (Å²) in [5.41, 5.74) is 0.966. The first-order chi connectivity index (χ1) is 7.57. The van der Waals surface area contributed by atoms with Gasteiger partial charge in [0, 0.05) is 10.7 Å². The molecule has 0 bridgehead atoms. The molecule has 2 aromatic rings. The van der Waals surface area contributed by atoms with Crippen LogP contribution in [-0.4, -0.2) is 18.2 Å². The lowest BCUT2D eigenvalue weighted by molar-refractivity contribution is 0.574. The normalized spacial score (nSPS) is 11.6. The maximum atomic E-state index is 11.2. The first-order valence-electron chi connectivity index (χ1n) is 4.58. The highest BCUT2D eigenvalue weighted by atomic mass is 35.7. The molecule has 0 aliphatic heterocycles. The molecule has 0 spiro atoms. The lowest BCUT2D eigenvalue weighted by Crippen LogP contribution is -2.07. The number of hydrogen-bond donors (Lipinski definition) is 0. The van der Waals surface area contributed by atoms with Crippen LogP contribution in [0.5, 0.6) is 0 Å². The van der Waals surface area contributed by atoms with E-state index in [1.807, 2.05) is 30.3 Å². The Kier molecular flexibility index (Phi) is 2.98. The van der Waals surface area contributed by atoms with Gasteiger partial charge in [-0.15, -0.1) is 0 Å². The van der Waals surface area contributed by atoms with Crippen LogP contribution in [0.4, 0.5) is 0 Å². The summed E-state index contributed by atoms with van der Waals surface area (Å²) < 4.78 is 23.8. The Morgan fingerprint density at radius 1 is 1.19 bits per heavy atom. The molecule has 0 amide bonds. The highest BCUT2D eigenvalue weighted by Gasteiger charge is 2.15. The van der Waals surface area contributed by atoms with E-state index < -0.39 is 9.05 Å². The number of nitrogens with zero attached hydrogens (tertiary/aromatic N) is 2. The fraction of sp³-hybridized carbons (Fsp3) is 0.100. The van der Waals surface area contributed by atoms with Gasteiger partial charge in [0.05, 0.1) is 12.7 Å². The molecule has 84 valence electrons. The molecule has 2 rings (SSSR count). The van der Waals surface area contributed by atoms with Gasteiger partial charge in [-0.2, -0.15) is 5.10 Å².